The summed E-state index contributed by atoms with van der Waals surface area (Å²) < 4.78 is 5.76. The molecule has 80 valence electrons. The van der Waals surface area contributed by atoms with E-state index in [1.165, 1.54) is 0 Å². The van der Waals surface area contributed by atoms with E-state index in [9.17, 15) is 4.79 Å². The zero-order valence-electron chi connectivity index (χ0n) is 8.66. The molecular weight excluding hydrogens is 180 g/mol. The van der Waals surface area contributed by atoms with Crippen LogP contribution in [0.25, 0.3) is 0 Å². The minimum absolute atomic E-state index is 0.119. The van der Waals surface area contributed by atoms with Crippen LogP contribution in [0, 0.1) is 0 Å². The molecule has 2 aliphatic rings. The second-order valence-electron chi connectivity index (χ2n) is 4.31. The number of likely N-dealkylation sites (tertiary alicyclic amines) is 1. The van der Waals surface area contributed by atoms with Crippen molar-refractivity contribution in [2.45, 2.75) is 37.8 Å². The van der Waals surface area contributed by atoms with E-state index in [4.69, 9.17) is 10.5 Å². The van der Waals surface area contributed by atoms with Crippen molar-refractivity contribution >= 4 is 5.91 Å². The van der Waals surface area contributed by atoms with E-state index in [0.717, 1.165) is 39.0 Å². The first-order valence-electron chi connectivity index (χ1n) is 5.29. The number of carbonyl (C=O) groups is 1. The molecule has 0 aromatic heterocycles. The number of hydrogen-bond donors (Lipinski definition) is 1. The van der Waals surface area contributed by atoms with Gasteiger partial charge in [-0.25, -0.2) is 0 Å². The van der Waals surface area contributed by atoms with Crippen LogP contribution in [0.5, 0.6) is 0 Å². The summed E-state index contributed by atoms with van der Waals surface area (Å²) in [5.41, 5.74) is 5.92. The molecule has 2 N–H and O–H groups in total. The predicted molar refractivity (Wildman–Crippen MR) is 52.8 cm³/mol. The smallest absolute Gasteiger partial charge is 0.219 e. The zero-order chi connectivity index (χ0) is 10.2. The van der Waals surface area contributed by atoms with E-state index in [2.05, 4.69) is 0 Å². The Kier molecular flexibility index (Phi) is 2.49. The van der Waals surface area contributed by atoms with E-state index >= 15 is 0 Å². The molecule has 2 saturated heterocycles. The minimum atomic E-state index is -0.119. The summed E-state index contributed by atoms with van der Waals surface area (Å²) in [7, 11) is 0. The van der Waals surface area contributed by atoms with Gasteiger partial charge in [-0.1, -0.05) is 0 Å². The van der Waals surface area contributed by atoms with Crippen LogP contribution in [0.2, 0.25) is 0 Å². The van der Waals surface area contributed by atoms with Gasteiger partial charge in [0.2, 0.25) is 5.91 Å². The van der Waals surface area contributed by atoms with E-state index in [-0.39, 0.29) is 17.6 Å². The maximum absolute atomic E-state index is 11.1. The fourth-order valence-corrected chi connectivity index (χ4v) is 2.47. The number of rotatable bonds is 0. The highest BCUT2D eigenvalue weighted by molar-refractivity contribution is 5.73. The summed E-state index contributed by atoms with van der Waals surface area (Å²) in [6.45, 7) is 3.99. The number of ether oxygens (including phenoxy) is 1. The molecular formula is C10H18N2O2. The van der Waals surface area contributed by atoms with Crippen molar-refractivity contribution in [3.05, 3.63) is 0 Å². The number of nitrogens with zero attached hydrogens (tertiary/aromatic N) is 1. The summed E-state index contributed by atoms with van der Waals surface area (Å²) in [6, 6.07) is 0.164. The Morgan fingerprint density at radius 3 is 2.57 bits per heavy atom. The molecule has 2 heterocycles. The Bertz CT molecular complexity index is 234. The molecule has 0 aromatic rings. The summed E-state index contributed by atoms with van der Waals surface area (Å²) in [6.07, 6.45) is 2.75. The van der Waals surface area contributed by atoms with Crippen LogP contribution in [-0.2, 0) is 9.53 Å². The van der Waals surface area contributed by atoms with Crippen LogP contribution in [0.3, 0.4) is 0 Å². The zero-order valence-corrected chi connectivity index (χ0v) is 8.66. The van der Waals surface area contributed by atoms with Gasteiger partial charge >= 0.3 is 0 Å². The topological polar surface area (TPSA) is 55.6 Å². The quantitative estimate of drug-likeness (QED) is 0.601. The lowest BCUT2D eigenvalue weighted by Gasteiger charge is -2.40. The normalized spacial score (nSPS) is 31.0. The van der Waals surface area contributed by atoms with Gasteiger partial charge < -0.3 is 15.4 Å². The van der Waals surface area contributed by atoms with Gasteiger partial charge in [-0.15, -0.1) is 0 Å². The van der Waals surface area contributed by atoms with Crippen LogP contribution < -0.4 is 5.73 Å². The molecule has 0 bridgehead atoms. The highest BCUT2D eigenvalue weighted by Crippen LogP contribution is 2.34. The molecule has 1 unspecified atom stereocenters. The molecule has 1 atom stereocenters. The molecule has 2 rings (SSSR count). The number of carbonyl (C=O) groups excluding carboxylic acids is 1. The number of amides is 1. The summed E-state index contributed by atoms with van der Waals surface area (Å²) >= 11 is 0. The van der Waals surface area contributed by atoms with Crippen molar-refractivity contribution < 1.29 is 9.53 Å². The molecule has 1 spiro atoms. The van der Waals surface area contributed by atoms with Crippen LogP contribution in [0.4, 0.5) is 0 Å². The van der Waals surface area contributed by atoms with Crippen LogP contribution in [0.15, 0.2) is 0 Å². The van der Waals surface area contributed by atoms with Crippen molar-refractivity contribution in [1.82, 2.24) is 4.90 Å². The Labute approximate surface area is 84.4 Å². The van der Waals surface area contributed by atoms with Gasteiger partial charge in [0.25, 0.3) is 0 Å². The van der Waals surface area contributed by atoms with E-state index < -0.39 is 0 Å². The third kappa shape index (κ3) is 1.53. The van der Waals surface area contributed by atoms with Crippen molar-refractivity contribution in [2.24, 2.45) is 5.73 Å². The van der Waals surface area contributed by atoms with E-state index in [1.807, 2.05) is 4.90 Å². The van der Waals surface area contributed by atoms with E-state index in [0.29, 0.717) is 0 Å². The number of nitrogens with two attached hydrogens (primary N) is 1. The molecule has 2 fully saturated rings. The molecule has 14 heavy (non-hydrogen) atoms. The van der Waals surface area contributed by atoms with Gasteiger partial charge in [0.15, 0.2) is 0 Å². The highest BCUT2D eigenvalue weighted by Gasteiger charge is 2.44. The largest absolute Gasteiger partial charge is 0.373 e. The Morgan fingerprint density at radius 2 is 2.14 bits per heavy atom. The minimum Gasteiger partial charge on any atom is -0.373 e. The lowest BCUT2D eigenvalue weighted by atomic mass is 9.85. The SMILES string of the molecule is CC(=O)N1CCC2(CC1)OCCC2N. The van der Waals surface area contributed by atoms with Gasteiger partial charge in [0.05, 0.1) is 5.60 Å². The summed E-state index contributed by atoms with van der Waals surface area (Å²) in [5.74, 6) is 0.159. The maximum Gasteiger partial charge on any atom is 0.219 e. The molecule has 0 aliphatic carbocycles. The Morgan fingerprint density at radius 1 is 1.50 bits per heavy atom. The molecule has 0 radical (unpaired) electrons. The van der Waals surface area contributed by atoms with Gasteiger partial charge in [-0.2, -0.15) is 0 Å². The van der Waals surface area contributed by atoms with Gasteiger partial charge in [-0.3, -0.25) is 4.79 Å². The van der Waals surface area contributed by atoms with Gasteiger partial charge in [0.1, 0.15) is 0 Å². The lowest BCUT2D eigenvalue weighted by Crippen LogP contribution is -2.53. The maximum atomic E-state index is 11.1. The number of piperidine rings is 1. The first-order chi connectivity index (χ1) is 6.64. The lowest BCUT2D eigenvalue weighted by molar-refractivity contribution is -0.134. The van der Waals surface area contributed by atoms with Crippen LogP contribution >= 0.6 is 0 Å². The highest BCUT2D eigenvalue weighted by atomic mass is 16.5. The molecule has 0 saturated carbocycles. The fourth-order valence-electron chi connectivity index (χ4n) is 2.47. The molecule has 2 aliphatic heterocycles. The fraction of sp³-hybridized carbons (Fsp3) is 0.900. The summed E-state index contributed by atoms with van der Waals surface area (Å²) in [4.78, 5) is 13.0. The molecule has 1 amide bonds. The Hall–Kier alpha value is -0.610. The monoisotopic (exact) mass is 198 g/mol. The van der Waals surface area contributed by atoms with Crippen molar-refractivity contribution in [3.63, 3.8) is 0 Å². The number of hydrogen-bond acceptors (Lipinski definition) is 3. The van der Waals surface area contributed by atoms with E-state index in [1.54, 1.807) is 6.92 Å². The standard InChI is InChI=1S/C10H18N2O2/c1-8(13)12-5-3-10(4-6-12)9(11)2-7-14-10/h9H,2-7,11H2,1H3. The molecule has 0 aromatic carbocycles. The first-order valence-corrected chi connectivity index (χ1v) is 5.29. The third-order valence-corrected chi connectivity index (χ3v) is 3.55. The van der Waals surface area contributed by atoms with Gasteiger partial charge in [-0.05, 0) is 19.3 Å². The van der Waals surface area contributed by atoms with Crippen molar-refractivity contribution in [1.29, 1.82) is 0 Å². The average Bonchev–Trinajstić information content (AvgIpc) is 2.49. The summed E-state index contributed by atoms with van der Waals surface area (Å²) in [5, 5.41) is 0. The van der Waals surface area contributed by atoms with Crippen molar-refractivity contribution in [2.75, 3.05) is 19.7 Å². The molecule has 4 heteroatoms. The average molecular weight is 198 g/mol. The van der Waals surface area contributed by atoms with Crippen LogP contribution in [-0.4, -0.2) is 42.1 Å². The second-order valence-corrected chi connectivity index (χ2v) is 4.31. The van der Waals surface area contributed by atoms with Crippen molar-refractivity contribution in [3.8, 4) is 0 Å². The van der Waals surface area contributed by atoms with Crippen LogP contribution in [0.1, 0.15) is 26.2 Å². The predicted octanol–water partition coefficient (Wildman–Crippen LogP) is 0.115. The van der Waals surface area contributed by atoms with Gasteiger partial charge in [0, 0.05) is 32.7 Å². The first kappa shape index (κ1) is 9.93. The Balaban J connectivity index is 1.98. The molecule has 4 nitrogen and oxygen atoms in total. The third-order valence-electron chi connectivity index (χ3n) is 3.55. The second kappa shape index (κ2) is 3.51.